The number of hydrogen-bond acceptors (Lipinski definition) is 3. The third-order valence-corrected chi connectivity index (χ3v) is 6.84. The smallest absolute Gasteiger partial charge is 0.370 e. The Labute approximate surface area is 177 Å². The Morgan fingerprint density at radius 3 is 2.30 bits per heavy atom. The van der Waals surface area contributed by atoms with Crippen LogP contribution in [0.3, 0.4) is 0 Å². The summed E-state index contributed by atoms with van der Waals surface area (Å²) in [6.45, 7) is 1.31. The lowest BCUT2D eigenvalue weighted by atomic mass is 10.1. The first-order valence-corrected chi connectivity index (χ1v) is 11.2. The van der Waals surface area contributed by atoms with Crippen molar-refractivity contribution < 1.29 is 21.6 Å². The highest BCUT2D eigenvalue weighted by molar-refractivity contribution is 7.93. The van der Waals surface area contributed by atoms with Crippen LogP contribution in [-0.4, -0.2) is 21.5 Å². The predicted molar refractivity (Wildman–Crippen MR) is 113 cm³/mol. The second kappa shape index (κ2) is 7.67. The Kier molecular flexibility index (Phi) is 5.32. The normalized spacial score (nSPS) is 15.0. The molecule has 1 heterocycles. The average Bonchev–Trinajstić information content (AvgIpc) is 3.21. The number of hydrogen-bond donors (Lipinski definition) is 1. The lowest BCUT2D eigenvalue weighted by molar-refractivity contribution is -0.137. The number of halogens is 4. The molecule has 1 aliphatic rings. The number of benzene rings is 3. The van der Waals surface area contributed by atoms with Crippen molar-refractivity contribution in [3.63, 3.8) is 0 Å². The van der Waals surface area contributed by atoms with E-state index in [0.717, 1.165) is 25.0 Å². The van der Waals surface area contributed by atoms with Gasteiger partial charge in [-0.15, -0.1) is 0 Å². The summed E-state index contributed by atoms with van der Waals surface area (Å²) in [7, 11) is -4.21. The third-order valence-electron chi connectivity index (χ3n) is 5.12. The fourth-order valence-electron chi connectivity index (χ4n) is 3.71. The third kappa shape index (κ3) is 3.94. The largest absolute Gasteiger partial charge is 0.416 e. The topological polar surface area (TPSA) is 49.4 Å². The van der Waals surface area contributed by atoms with Crippen LogP contribution in [0.4, 0.5) is 24.5 Å². The van der Waals surface area contributed by atoms with E-state index >= 15 is 0 Å². The van der Waals surface area contributed by atoms with Gasteiger partial charge >= 0.3 is 6.18 Å². The van der Waals surface area contributed by atoms with Gasteiger partial charge < -0.3 is 4.90 Å². The van der Waals surface area contributed by atoms with Gasteiger partial charge in [-0.05, 0) is 48.6 Å². The highest BCUT2D eigenvalue weighted by Crippen LogP contribution is 2.38. The Morgan fingerprint density at radius 2 is 1.63 bits per heavy atom. The van der Waals surface area contributed by atoms with E-state index < -0.39 is 21.8 Å². The van der Waals surface area contributed by atoms with Crippen molar-refractivity contribution >= 4 is 43.8 Å². The molecule has 3 aromatic rings. The monoisotopic (exact) mass is 454 g/mol. The zero-order valence-electron chi connectivity index (χ0n) is 15.7. The number of nitrogens with one attached hydrogen (secondary N) is 1. The van der Waals surface area contributed by atoms with Crippen LogP contribution in [0.5, 0.6) is 0 Å². The summed E-state index contributed by atoms with van der Waals surface area (Å²) < 4.78 is 68.7. The highest BCUT2D eigenvalue weighted by atomic mass is 35.5. The summed E-state index contributed by atoms with van der Waals surface area (Å²) in [4.78, 5) is 1.80. The molecule has 0 spiro atoms. The predicted octanol–water partition coefficient (Wildman–Crippen LogP) is 5.91. The zero-order chi connectivity index (χ0) is 21.5. The molecule has 1 aliphatic heterocycles. The van der Waals surface area contributed by atoms with E-state index in [4.69, 9.17) is 11.6 Å². The molecule has 0 atom stereocenters. The van der Waals surface area contributed by atoms with Gasteiger partial charge in [0.05, 0.1) is 21.8 Å². The minimum Gasteiger partial charge on any atom is -0.370 e. The van der Waals surface area contributed by atoms with Crippen molar-refractivity contribution in [2.24, 2.45) is 0 Å². The van der Waals surface area contributed by atoms with Crippen molar-refractivity contribution in [3.8, 4) is 0 Å². The fourth-order valence-corrected chi connectivity index (χ4v) is 5.37. The van der Waals surface area contributed by atoms with Crippen molar-refractivity contribution in [3.05, 3.63) is 65.2 Å². The van der Waals surface area contributed by atoms with Crippen LogP contribution < -0.4 is 9.62 Å². The molecular formula is C21H18ClF3N2O2S. The molecule has 0 unspecified atom stereocenters. The lowest BCUT2D eigenvalue weighted by Gasteiger charge is -2.23. The van der Waals surface area contributed by atoms with E-state index in [9.17, 15) is 21.6 Å². The Hall–Kier alpha value is -2.45. The highest BCUT2D eigenvalue weighted by Gasteiger charge is 2.32. The summed E-state index contributed by atoms with van der Waals surface area (Å²) in [6.07, 6.45) is -2.80. The fraction of sp³-hybridized carbons (Fsp3) is 0.238. The van der Waals surface area contributed by atoms with Gasteiger partial charge in [0, 0.05) is 23.5 Å². The maximum absolute atomic E-state index is 13.3. The van der Waals surface area contributed by atoms with Gasteiger partial charge in [0.1, 0.15) is 0 Å². The van der Waals surface area contributed by atoms with Gasteiger partial charge in [0.25, 0.3) is 10.0 Å². The SMILES string of the molecule is O=S(=O)(Nc1cc(C(F)(F)F)ccc1N1CCCC1)c1cccc2cccc(Cl)c12. The van der Waals surface area contributed by atoms with E-state index in [1.807, 2.05) is 4.90 Å². The van der Waals surface area contributed by atoms with E-state index in [0.29, 0.717) is 29.5 Å². The summed E-state index contributed by atoms with van der Waals surface area (Å²) in [5, 5.41) is 1.19. The van der Waals surface area contributed by atoms with Crippen LogP contribution in [-0.2, 0) is 16.2 Å². The van der Waals surface area contributed by atoms with Crippen LogP contribution in [0.1, 0.15) is 18.4 Å². The van der Waals surface area contributed by atoms with Crippen LogP contribution in [0.25, 0.3) is 10.8 Å². The molecule has 1 saturated heterocycles. The number of rotatable bonds is 4. The van der Waals surface area contributed by atoms with Gasteiger partial charge in [0.2, 0.25) is 0 Å². The van der Waals surface area contributed by atoms with Crippen molar-refractivity contribution in [1.29, 1.82) is 0 Å². The van der Waals surface area contributed by atoms with Crippen LogP contribution in [0, 0.1) is 0 Å². The van der Waals surface area contributed by atoms with Crippen molar-refractivity contribution in [2.45, 2.75) is 23.9 Å². The van der Waals surface area contributed by atoms with Gasteiger partial charge in [-0.25, -0.2) is 8.42 Å². The maximum atomic E-state index is 13.3. The first kappa shape index (κ1) is 20.8. The van der Waals surface area contributed by atoms with Crippen molar-refractivity contribution in [2.75, 3.05) is 22.7 Å². The number of nitrogens with zero attached hydrogens (tertiary/aromatic N) is 1. The number of sulfonamides is 1. The zero-order valence-corrected chi connectivity index (χ0v) is 17.3. The molecule has 0 saturated carbocycles. The van der Waals surface area contributed by atoms with Gasteiger partial charge in [0.15, 0.2) is 0 Å². The van der Waals surface area contributed by atoms with Crippen LogP contribution >= 0.6 is 11.6 Å². The van der Waals surface area contributed by atoms with E-state index in [-0.39, 0.29) is 15.6 Å². The molecule has 0 bridgehead atoms. The lowest BCUT2D eigenvalue weighted by Crippen LogP contribution is -2.22. The molecule has 158 valence electrons. The van der Waals surface area contributed by atoms with Gasteiger partial charge in [-0.3, -0.25) is 4.72 Å². The summed E-state index contributed by atoms with van der Waals surface area (Å²) in [5.74, 6) is 0. The second-order valence-electron chi connectivity index (χ2n) is 7.12. The van der Waals surface area contributed by atoms with E-state index in [2.05, 4.69) is 4.72 Å². The molecule has 3 aromatic carbocycles. The number of alkyl halides is 3. The summed E-state index contributed by atoms with van der Waals surface area (Å²) >= 11 is 6.24. The van der Waals surface area contributed by atoms with Crippen LogP contribution in [0.2, 0.25) is 5.02 Å². The summed E-state index contributed by atoms with van der Waals surface area (Å²) in [5.41, 5.74) is -0.592. The Bertz CT molecular complexity index is 1200. The minimum atomic E-state index is -4.59. The molecule has 0 aliphatic carbocycles. The van der Waals surface area contributed by atoms with Crippen molar-refractivity contribution in [1.82, 2.24) is 0 Å². The second-order valence-corrected chi connectivity index (χ2v) is 9.18. The van der Waals surface area contributed by atoms with E-state index in [1.54, 1.807) is 30.3 Å². The molecule has 1 fully saturated rings. The standard InChI is InChI=1S/C21H18ClF3N2O2S/c22-16-7-3-5-14-6-4-8-19(20(14)16)30(28,29)26-17-13-15(21(23,24)25)9-10-18(17)27-11-1-2-12-27/h3-10,13,26H,1-2,11-12H2. The molecule has 0 aromatic heterocycles. The first-order chi connectivity index (χ1) is 14.2. The molecular weight excluding hydrogens is 437 g/mol. The molecule has 9 heteroatoms. The summed E-state index contributed by atoms with van der Waals surface area (Å²) in [6, 6.07) is 12.8. The Balaban J connectivity index is 1.83. The number of fused-ring (bicyclic) bond motifs is 1. The molecule has 4 nitrogen and oxygen atoms in total. The Morgan fingerprint density at radius 1 is 0.967 bits per heavy atom. The molecule has 1 N–H and O–H groups in total. The van der Waals surface area contributed by atoms with Gasteiger partial charge in [-0.1, -0.05) is 35.9 Å². The number of anilines is 2. The first-order valence-electron chi connectivity index (χ1n) is 9.33. The van der Waals surface area contributed by atoms with Crippen LogP contribution in [0.15, 0.2) is 59.5 Å². The average molecular weight is 455 g/mol. The molecule has 4 rings (SSSR count). The van der Waals surface area contributed by atoms with E-state index in [1.165, 1.54) is 12.1 Å². The maximum Gasteiger partial charge on any atom is 0.416 e. The molecule has 0 radical (unpaired) electrons. The van der Waals surface area contributed by atoms with Gasteiger partial charge in [-0.2, -0.15) is 13.2 Å². The molecule has 0 amide bonds. The minimum absolute atomic E-state index is 0.0876. The quantitative estimate of drug-likeness (QED) is 0.533. The molecule has 30 heavy (non-hydrogen) atoms.